The maximum Gasteiger partial charge on any atom is 0.434 e. The lowest BCUT2D eigenvalue weighted by Crippen LogP contribution is -2.60. The number of pyridine rings is 1. The Morgan fingerprint density at radius 2 is 1.75 bits per heavy atom. The molecule has 0 bridgehead atoms. The van der Waals surface area contributed by atoms with Gasteiger partial charge in [0, 0.05) is 55.5 Å². The Hall–Kier alpha value is -4.77. The molecule has 0 unspecified atom stereocenters. The third kappa shape index (κ3) is 9.88. The van der Waals surface area contributed by atoms with Gasteiger partial charge in [-0.25, -0.2) is 19.3 Å². The van der Waals surface area contributed by atoms with Crippen molar-refractivity contribution in [3.05, 3.63) is 42.3 Å². The van der Waals surface area contributed by atoms with Crippen molar-refractivity contribution >= 4 is 58.9 Å². The summed E-state index contributed by atoms with van der Waals surface area (Å²) in [7, 11) is -0.210. The fourth-order valence-electron chi connectivity index (χ4n) is 7.64. The van der Waals surface area contributed by atoms with Crippen molar-refractivity contribution in [2.75, 3.05) is 33.2 Å². The number of nitrogens with zero attached hydrogens (tertiary/aromatic N) is 3. The van der Waals surface area contributed by atoms with Crippen LogP contribution in [0.2, 0.25) is 0 Å². The number of nitrogens with one attached hydrogen (secondary N) is 4. The maximum absolute atomic E-state index is 14.8. The van der Waals surface area contributed by atoms with Gasteiger partial charge in [-0.3, -0.25) is 28.5 Å². The highest BCUT2D eigenvalue weighted by Crippen LogP contribution is 2.49. The van der Waals surface area contributed by atoms with E-state index in [1.54, 1.807) is 25.3 Å². The van der Waals surface area contributed by atoms with Crippen molar-refractivity contribution < 1.29 is 47.0 Å². The van der Waals surface area contributed by atoms with E-state index in [1.807, 2.05) is 46.1 Å². The molecule has 1 aromatic carbocycles. The van der Waals surface area contributed by atoms with Gasteiger partial charge in [-0.2, -0.15) is 0 Å². The van der Waals surface area contributed by atoms with Crippen LogP contribution in [0.25, 0.3) is 22.3 Å². The Balaban J connectivity index is 1.34. The molecule has 2 aromatic heterocycles. The van der Waals surface area contributed by atoms with Gasteiger partial charge in [0.15, 0.2) is 5.13 Å². The summed E-state index contributed by atoms with van der Waals surface area (Å²) in [5.74, 6) is -1.47. The van der Waals surface area contributed by atoms with Crippen LogP contribution in [0.4, 0.5) is 9.93 Å². The van der Waals surface area contributed by atoms with E-state index in [1.165, 1.54) is 22.3 Å². The van der Waals surface area contributed by atoms with Gasteiger partial charge in [0.2, 0.25) is 11.8 Å². The Labute approximate surface area is 354 Å². The molecule has 19 heteroatoms. The molecule has 6 rings (SSSR count). The monoisotopic (exact) mass is 869 g/mol. The molecule has 5 atom stereocenters. The lowest BCUT2D eigenvalue weighted by molar-refractivity contribution is -0.143. The number of carbonyl (C=O) groups is 4. The number of alkyl carbamates (subject to hydrolysis) is 1. The number of hydrogen-bond acceptors (Lipinski definition) is 14. The molecular weight excluding hydrogens is 814 g/mol. The zero-order valence-corrected chi connectivity index (χ0v) is 37.1. The first kappa shape index (κ1) is 44.8. The fraction of sp³-hybridized carbons (Fsp3) is 0.561. The Morgan fingerprint density at radius 3 is 2.37 bits per heavy atom. The standard InChI is InChI=1S/C41H56N7O10PS/c1-10-24-20-41(24,37(51)47-59(53,55-8)56-9)46-35(49)32-18-27(21-48(32)36(50)34(40(4,5)6)45-39(52)58-25-13-11-12-14-25)57-33-19-30(31-22-60-38(44-31)42-23(2)3)43-29-17-26(54-7)15-16-28(29)33/h10,15-17,19,22-25,27,32,34H,1,11-14,18,20-21H2,2-9H3,(H,42,44)(H,45,52)(H,46,49)(H,47,51,53)/t24-,27-,32+,34-,41-/m1/s1. The second-order valence-electron chi connectivity index (χ2n) is 16.8. The molecule has 0 spiro atoms. The van der Waals surface area contributed by atoms with E-state index in [0.717, 1.165) is 45.0 Å². The molecule has 2 saturated carbocycles. The van der Waals surface area contributed by atoms with Crippen molar-refractivity contribution in [2.24, 2.45) is 11.3 Å². The highest BCUT2D eigenvalue weighted by molar-refractivity contribution is 7.52. The smallest absolute Gasteiger partial charge is 0.434 e. The van der Waals surface area contributed by atoms with Crippen LogP contribution < -0.4 is 30.5 Å². The minimum atomic E-state index is -4.03. The van der Waals surface area contributed by atoms with Crippen LogP contribution in [-0.2, 0) is 32.7 Å². The number of benzene rings is 1. The van der Waals surface area contributed by atoms with Crippen LogP contribution >= 0.6 is 19.1 Å². The number of anilines is 1. The average molecular weight is 870 g/mol. The van der Waals surface area contributed by atoms with Gasteiger partial charge in [-0.1, -0.05) is 26.8 Å². The number of likely N-dealkylation sites (tertiary alicyclic amines) is 1. The molecule has 3 aromatic rings. The number of hydrogen-bond donors (Lipinski definition) is 4. The molecular formula is C41H56N7O10PS. The highest BCUT2D eigenvalue weighted by Gasteiger charge is 2.62. The van der Waals surface area contributed by atoms with Gasteiger partial charge >= 0.3 is 13.8 Å². The number of carbonyl (C=O) groups excluding carboxylic acids is 4. The summed E-state index contributed by atoms with van der Waals surface area (Å²) in [6.07, 6.45) is 3.39. The molecule has 3 heterocycles. The molecule has 2 aliphatic carbocycles. The van der Waals surface area contributed by atoms with Gasteiger partial charge in [0.05, 0.1) is 24.9 Å². The number of rotatable bonds is 16. The summed E-state index contributed by atoms with van der Waals surface area (Å²) < 4.78 is 40.7. The lowest BCUT2D eigenvalue weighted by atomic mass is 9.85. The summed E-state index contributed by atoms with van der Waals surface area (Å²) in [6, 6.07) is 5.09. The summed E-state index contributed by atoms with van der Waals surface area (Å²) >= 11 is 1.45. The second-order valence-corrected chi connectivity index (χ2v) is 19.6. The number of aromatic nitrogens is 2. The van der Waals surface area contributed by atoms with E-state index in [0.29, 0.717) is 33.8 Å². The number of ether oxygens (including phenoxy) is 3. The van der Waals surface area contributed by atoms with Crippen LogP contribution in [0.5, 0.6) is 11.5 Å². The average Bonchev–Trinajstić information content (AvgIpc) is 3.62. The Bertz CT molecular complexity index is 2150. The van der Waals surface area contributed by atoms with Gasteiger partial charge in [0.25, 0.3) is 5.91 Å². The van der Waals surface area contributed by atoms with Gasteiger partial charge in [0.1, 0.15) is 47.0 Å². The summed E-state index contributed by atoms with van der Waals surface area (Å²) in [5.41, 5.74) is -0.618. The largest absolute Gasteiger partial charge is 0.497 e. The van der Waals surface area contributed by atoms with Crippen LogP contribution in [-0.4, -0.2) is 102 Å². The van der Waals surface area contributed by atoms with E-state index < -0.39 is 66.6 Å². The zero-order valence-electron chi connectivity index (χ0n) is 35.4. The van der Waals surface area contributed by atoms with Crippen molar-refractivity contribution in [3.63, 3.8) is 0 Å². The SMILES string of the molecule is C=C[C@@H]1C[C@]1(NC(=O)[C@@H]1C[C@@H](Oc2cc(-c3csc(NC(C)C)n3)nc3cc(OC)ccc23)CN1C(=O)[C@@H](NC(=O)OC1CCCC1)C(C)(C)C)C(=O)NP(=O)(OC)OC. The quantitative estimate of drug-likeness (QED) is 0.0936. The first-order valence-corrected chi connectivity index (χ1v) is 22.5. The fourth-order valence-corrected chi connectivity index (χ4v) is 9.27. The van der Waals surface area contributed by atoms with Crippen LogP contribution in [0, 0.1) is 11.3 Å². The van der Waals surface area contributed by atoms with E-state index in [9.17, 15) is 23.7 Å². The first-order valence-electron chi connectivity index (χ1n) is 20.1. The van der Waals surface area contributed by atoms with Gasteiger partial charge in [-0.05, 0) is 63.5 Å². The van der Waals surface area contributed by atoms with Crippen LogP contribution in [0.3, 0.4) is 0 Å². The van der Waals surface area contributed by atoms with E-state index in [4.69, 9.17) is 33.2 Å². The molecule has 3 aliphatic rings. The molecule has 17 nitrogen and oxygen atoms in total. The predicted octanol–water partition coefficient (Wildman–Crippen LogP) is 6.20. The van der Waals surface area contributed by atoms with Crippen molar-refractivity contribution in [3.8, 4) is 22.9 Å². The first-order chi connectivity index (χ1) is 28.4. The molecule has 0 radical (unpaired) electrons. The van der Waals surface area contributed by atoms with Crippen molar-refractivity contribution in [1.82, 2.24) is 30.6 Å². The van der Waals surface area contributed by atoms with Crippen LogP contribution in [0.15, 0.2) is 42.3 Å². The third-order valence-electron chi connectivity index (χ3n) is 11.0. The number of fused-ring (bicyclic) bond motifs is 1. The maximum atomic E-state index is 14.8. The van der Waals surface area contributed by atoms with Gasteiger partial charge in [-0.15, -0.1) is 17.9 Å². The van der Waals surface area contributed by atoms with Gasteiger partial charge < -0.3 is 35.1 Å². The van der Waals surface area contributed by atoms with Crippen molar-refractivity contribution in [1.29, 1.82) is 0 Å². The number of thiazole rings is 1. The summed E-state index contributed by atoms with van der Waals surface area (Å²) in [4.78, 5) is 67.3. The molecule has 60 heavy (non-hydrogen) atoms. The minimum absolute atomic E-state index is 0.0144. The molecule has 4 N–H and O–H groups in total. The van der Waals surface area contributed by atoms with E-state index >= 15 is 0 Å². The number of methoxy groups -OCH3 is 1. The highest BCUT2D eigenvalue weighted by atomic mass is 32.1. The molecule has 4 amide bonds. The summed E-state index contributed by atoms with van der Waals surface area (Å²) in [6.45, 7) is 13.2. The molecule has 326 valence electrons. The number of amides is 4. The van der Waals surface area contributed by atoms with E-state index in [2.05, 4.69) is 27.6 Å². The van der Waals surface area contributed by atoms with Crippen LogP contribution in [0.1, 0.15) is 73.1 Å². The second kappa shape index (κ2) is 18.1. The molecule has 1 aliphatic heterocycles. The summed E-state index contributed by atoms with van der Waals surface area (Å²) in [5, 5.41) is 14.6. The van der Waals surface area contributed by atoms with Crippen molar-refractivity contribution in [2.45, 2.75) is 109 Å². The Morgan fingerprint density at radius 1 is 1.03 bits per heavy atom. The lowest BCUT2D eigenvalue weighted by Gasteiger charge is -2.35. The molecule has 3 fully saturated rings. The Kier molecular flexibility index (Phi) is 13.5. The predicted molar refractivity (Wildman–Crippen MR) is 227 cm³/mol. The molecule has 1 saturated heterocycles. The normalized spacial score (nSPS) is 22.3. The van der Waals surface area contributed by atoms with E-state index in [-0.39, 0.29) is 31.5 Å². The topological polar surface area (TPSA) is 209 Å². The third-order valence-corrected chi connectivity index (χ3v) is 13.2. The minimum Gasteiger partial charge on any atom is -0.497 e. The zero-order chi connectivity index (χ0) is 43.6.